The number of anilines is 1. The molecular formula is C31H33N5O7S. The monoisotopic (exact) mass is 619 g/mol. The van der Waals surface area contributed by atoms with Gasteiger partial charge in [0.15, 0.2) is 0 Å². The molecule has 0 unspecified atom stereocenters. The molecule has 0 radical (unpaired) electrons. The molecule has 2 aliphatic rings. The third-order valence-electron chi connectivity index (χ3n) is 8.21. The summed E-state index contributed by atoms with van der Waals surface area (Å²) in [5.41, 5.74) is 0.688. The molecule has 44 heavy (non-hydrogen) atoms. The molecule has 3 aromatic carbocycles. The normalized spacial score (nSPS) is 16.9. The van der Waals surface area contributed by atoms with Crippen LogP contribution in [0.25, 0.3) is 10.9 Å². The number of piperidine rings is 1. The fourth-order valence-electron chi connectivity index (χ4n) is 5.87. The minimum atomic E-state index is -4.46. The van der Waals surface area contributed by atoms with E-state index in [1.807, 2.05) is 16.9 Å². The standard InChI is InChI=1S/C31H33N5O7S/c37-31(25-4-1-2-6-30(25)43-29-7-3-5-26-24(29)10-15-32-26)34-44(40,41)23-8-9-27(28(20-23)36(38)39)33-21-11-16-35(17-12-21)22-13-18-42-19-14-22/h1-10,15,20-22,32-33H,11-14,16-19H2,(H,34,37). The zero-order valence-corrected chi connectivity index (χ0v) is 24.7. The van der Waals surface area contributed by atoms with Crippen molar-refractivity contribution in [2.24, 2.45) is 0 Å². The quantitative estimate of drug-likeness (QED) is 0.172. The van der Waals surface area contributed by atoms with Crippen LogP contribution < -0.4 is 14.8 Å². The van der Waals surface area contributed by atoms with E-state index in [1.165, 1.54) is 18.2 Å². The number of para-hydroxylation sites is 1. The second-order valence-electron chi connectivity index (χ2n) is 11.0. The van der Waals surface area contributed by atoms with Crippen LogP contribution in [0.5, 0.6) is 11.5 Å². The number of hydrogen-bond acceptors (Lipinski definition) is 9. The number of aromatic amines is 1. The molecule has 12 nitrogen and oxygen atoms in total. The number of rotatable bonds is 9. The van der Waals surface area contributed by atoms with Crippen molar-refractivity contribution in [3.63, 3.8) is 0 Å². The van der Waals surface area contributed by atoms with Crippen LogP contribution in [0.4, 0.5) is 11.4 Å². The van der Waals surface area contributed by atoms with E-state index in [9.17, 15) is 23.3 Å². The zero-order valence-electron chi connectivity index (χ0n) is 23.9. The summed E-state index contributed by atoms with van der Waals surface area (Å²) in [5, 5.41) is 16.0. The molecule has 3 heterocycles. The molecule has 2 fully saturated rings. The van der Waals surface area contributed by atoms with Crippen LogP contribution in [-0.4, -0.2) is 67.5 Å². The smallest absolute Gasteiger partial charge is 0.293 e. The Balaban J connectivity index is 1.15. The van der Waals surface area contributed by atoms with Gasteiger partial charge in [-0.1, -0.05) is 18.2 Å². The van der Waals surface area contributed by atoms with Crippen LogP contribution >= 0.6 is 0 Å². The van der Waals surface area contributed by atoms with Gasteiger partial charge in [0.2, 0.25) is 0 Å². The van der Waals surface area contributed by atoms with Gasteiger partial charge in [0.1, 0.15) is 17.2 Å². The first-order chi connectivity index (χ1) is 21.3. The number of nitrogens with zero attached hydrogens (tertiary/aromatic N) is 2. The second kappa shape index (κ2) is 12.6. The van der Waals surface area contributed by atoms with Crippen molar-refractivity contribution >= 4 is 38.2 Å². The highest BCUT2D eigenvalue weighted by molar-refractivity contribution is 7.90. The Morgan fingerprint density at radius 3 is 2.50 bits per heavy atom. The van der Waals surface area contributed by atoms with Crippen LogP contribution in [0.1, 0.15) is 36.0 Å². The summed E-state index contributed by atoms with van der Waals surface area (Å²) in [6.07, 6.45) is 5.41. The molecule has 0 bridgehead atoms. The van der Waals surface area contributed by atoms with E-state index in [4.69, 9.17) is 9.47 Å². The Labute approximate surface area is 254 Å². The predicted molar refractivity (Wildman–Crippen MR) is 165 cm³/mol. The summed E-state index contributed by atoms with van der Waals surface area (Å²) in [4.78, 5) is 29.7. The number of carbonyl (C=O) groups excluding carboxylic acids is 1. The van der Waals surface area contributed by atoms with Gasteiger partial charge < -0.3 is 24.7 Å². The number of ether oxygens (including phenoxy) is 2. The maximum Gasteiger partial charge on any atom is 0.293 e. The lowest BCUT2D eigenvalue weighted by Gasteiger charge is -2.39. The van der Waals surface area contributed by atoms with Crippen LogP contribution in [0.2, 0.25) is 0 Å². The number of benzene rings is 3. The van der Waals surface area contributed by atoms with Crippen molar-refractivity contribution < 1.29 is 27.6 Å². The fraction of sp³-hybridized carbons (Fsp3) is 0.323. The number of amides is 1. The number of likely N-dealkylation sites (tertiary alicyclic amines) is 1. The molecule has 6 rings (SSSR count). The molecule has 13 heteroatoms. The van der Waals surface area contributed by atoms with Gasteiger partial charge in [-0.3, -0.25) is 14.9 Å². The summed E-state index contributed by atoms with van der Waals surface area (Å²) < 4.78 is 40.0. The molecular weight excluding hydrogens is 586 g/mol. The van der Waals surface area contributed by atoms with Gasteiger partial charge in [0.25, 0.3) is 21.6 Å². The lowest BCUT2D eigenvalue weighted by molar-refractivity contribution is -0.384. The van der Waals surface area contributed by atoms with Crippen molar-refractivity contribution in [2.75, 3.05) is 31.6 Å². The molecule has 0 saturated carbocycles. The first-order valence-electron chi connectivity index (χ1n) is 14.6. The second-order valence-corrected chi connectivity index (χ2v) is 12.6. The predicted octanol–water partition coefficient (Wildman–Crippen LogP) is 5.04. The summed E-state index contributed by atoms with van der Waals surface area (Å²) in [5.74, 6) is -0.287. The molecule has 0 spiro atoms. The van der Waals surface area contributed by atoms with E-state index in [1.54, 1.807) is 36.5 Å². The molecule has 1 amide bonds. The summed E-state index contributed by atoms with van der Waals surface area (Å²) in [6, 6.07) is 17.7. The fourth-order valence-corrected chi connectivity index (χ4v) is 6.86. The average Bonchev–Trinajstić information content (AvgIpc) is 3.52. The highest BCUT2D eigenvalue weighted by Crippen LogP contribution is 2.33. The summed E-state index contributed by atoms with van der Waals surface area (Å²) in [7, 11) is -4.46. The number of nitro benzene ring substituents is 1. The number of hydrogen-bond donors (Lipinski definition) is 3. The average molecular weight is 620 g/mol. The van der Waals surface area contributed by atoms with E-state index >= 15 is 0 Å². The Bertz CT molecular complexity index is 1780. The Morgan fingerprint density at radius 1 is 0.977 bits per heavy atom. The maximum absolute atomic E-state index is 13.3. The topological polar surface area (TPSA) is 156 Å². The third kappa shape index (κ3) is 6.39. The molecule has 230 valence electrons. The molecule has 4 aromatic rings. The maximum atomic E-state index is 13.3. The van der Waals surface area contributed by atoms with Crippen LogP contribution in [0.3, 0.4) is 0 Å². The van der Waals surface area contributed by atoms with Gasteiger partial charge in [0.05, 0.1) is 15.4 Å². The molecule has 2 saturated heterocycles. The molecule has 0 atom stereocenters. The van der Waals surface area contributed by atoms with E-state index in [0.29, 0.717) is 11.8 Å². The van der Waals surface area contributed by atoms with Crippen molar-refractivity contribution in [3.8, 4) is 11.5 Å². The van der Waals surface area contributed by atoms with Crippen LogP contribution in [0.15, 0.2) is 77.8 Å². The van der Waals surface area contributed by atoms with E-state index in [2.05, 4.69) is 15.2 Å². The van der Waals surface area contributed by atoms with Crippen molar-refractivity contribution in [1.29, 1.82) is 0 Å². The number of H-pyrrole nitrogens is 1. The number of aromatic nitrogens is 1. The van der Waals surface area contributed by atoms with Crippen molar-refractivity contribution in [1.82, 2.24) is 14.6 Å². The van der Waals surface area contributed by atoms with Gasteiger partial charge in [0, 0.05) is 61.6 Å². The molecule has 3 N–H and O–H groups in total. The molecule has 1 aromatic heterocycles. The van der Waals surface area contributed by atoms with E-state index < -0.39 is 25.7 Å². The van der Waals surface area contributed by atoms with Gasteiger partial charge in [-0.2, -0.15) is 0 Å². The zero-order chi connectivity index (χ0) is 30.7. The first-order valence-corrected chi connectivity index (χ1v) is 16.0. The van der Waals surface area contributed by atoms with Crippen molar-refractivity contribution in [2.45, 2.75) is 42.7 Å². The lowest BCUT2D eigenvalue weighted by atomic mass is 9.99. The number of sulfonamides is 1. The number of fused-ring (bicyclic) bond motifs is 1. The van der Waals surface area contributed by atoms with Gasteiger partial charge >= 0.3 is 0 Å². The third-order valence-corrected chi connectivity index (χ3v) is 9.53. The minimum absolute atomic E-state index is 0.0107. The number of nitro groups is 1. The highest BCUT2D eigenvalue weighted by atomic mass is 32.2. The Kier molecular flexibility index (Phi) is 8.51. The van der Waals surface area contributed by atoms with Crippen LogP contribution in [-0.2, 0) is 14.8 Å². The van der Waals surface area contributed by atoms with Gasteiger partial charge in [-0.15, -0.1) is 0 Å². The van der Waals surface area contributed by atoms with E-state index in [-0.39, 0.29) is 28.7 Å². The van der Waals surface area contributed by atoms with E-state index in [0.717, 1.165) is 69.0 Å². The Hall–Kier alpha value is -4.46. The van der Waals surface area contributed by atoms with Gasteiger partial charge in [-0.25, -0.2) is 13.1 Å². The number of nitrogens with one attached hydrogen (secondary N) is 3. The first kappa shape index (κ1) is 29.6. The number of carbonyl (C=O) groups is 1. The lowest BCUT2D eigenvalue weighted by Crippen LogP contribution is -2.46. The van der Waals surface area contributed by atoms with Crippen molar-refractivity contribution in [3.05, 3.63) is 88.6 Å². The molecule has 2 aliphatic heterocycles. The largest absolute Gasteiger partial charge is 0.456 e. The Morgan fingerprint density at radius 2 is 1.73 bits per heavy atom. The minimum Gasteiger partial charge on any atom is -0.456 e. The molecule has 0 aliphatic carbocycles. The summed E-state index contributed by atoms with van der Waals surface area (Å²) in [6.45, 7) is 3.30. The summed E-state index contributed by atoms with van der Waals surface area (Å²) >= 11 is 0. The highest BCUT2D eigenvalue weighted by Gasteiger charge is 2.29. The van der Waals surface area contributed by atoms with Crippen LogP contribution in [0, 0.1) is 10.1 Å². The van der Waals surface area contributed by atoms with Gasteiger partial charge in [-0.05, 0) is 68.1 Å². The SMILES string of the molecule is O=C(NS(=O)(=O)c1ccc(NC2CCN(C3CCOCC3)CC2)c([N+](=O)[O-])c1)c1ccccc1Oc1cccc2[nH]ccc12.